The van der Waals surface area contributed by atoms with E-state index in [0.717, 1.165) is 19.8 Å². The predicted octanol–water partition coefficient (Wildman–Crippen LogP) is 1.56. The molecule has 2 rings (SSSR count). The van der Waals surface area contributed by atoms with E-state index in [1.807, 2.05) is 0 Å². The van der Waals surface area contributed by atoms with E-state index in [9.17, 15) is 0 Å². The molecule has 2 fully saturated rings. The second kappa shape index (κ2) is 4.79. The molecule has 84 valence electrons. The Morgan fingerprint density at radius 2 is 2.14 bits per heavy atom. The smallest absolute Gasteiger partial charge is 0.113 e. The molecule has 2 saturated heterocycles. The number of hydrogen-bond acceptors (Lipinski definition) is 3. The number of hydrogen-bond donors (Lipinski definition) is 1. The normalized spacial score (nSPS) is 36.4. The van der Waals surface area contributed by atoms with Crippen molar-refractivity contribution in [1.82, 2.24) is 5.32 Å². The van der Waals surface area contributed by atoms with Crippen molar-refractivity contribution in [3.63, 3.8) is 0 Å². The maximum absolute atomic E-state index is 5.72. The maximum Gasteiger partial charge on any atom is 0.113 e. The molecule has 4 heteroatoms. The maximum atomic E-state index is 5.72. The summed E-state index contributed by atoms with van der Waals surface area (Å²) < 4.78 is 11.2. The third-order valence-corrected chi connectivity index (χ3v) is 2.78. The van der Waals surface area contributed by atoms with Crippen molar-refractivity contribution in [2.45, 2.75) is 38.5 Å². The lowest BCUT2D eigenvalue weighted by atomic mass is 9.99. The first-order valence-electron chi connectivity index (χ1n) is 5.14. The van der Waals surface area contributed by atoms with Crippen molar-refractivity contribution in [3.05, 3.63) is 0 Å². The summed E-state index contributed by atoms with van der Waals surface area (Å²) in [6.45, 7) is 6.95. The second-order valence-corrected chi connectivity index (χ2v) is 4.74. The summed E-state index contributed by atoms with van der Waals surface area (Å²) in [6.07, 6.45) is 2.62. The largest absolute Gasteiger partial charge is 0.381 e. The molecule has 0 spiro atoms. The standard InChI is InChI=1S/C10H19NO2.ClH/c1-10(2)7-13-9(11-10)8-4-3-5-12-6-8;/h8-9,11H,3-7H2,1-2H3;1H. The van der Waals surface area contributed by atoms with Crippen LogP contribution in [0.2, 0.25) is 0 Å². The Kier molecular flexibility index (Phi) is 4.19. The molecule has 2 heterocycles. The zero-order valence-electron chi connectivity index (χ0n) is 8.91. The summed E-state index contributed by atoms with van der Waals surface area (Å²) in [5.74, 6) is 0.551. The number of halogens is 1. The van der Waals surface area contributed by atoms with E-state index in [1.54, 1.807) is 0 Å². The van der Waals surface area contributed by atoms with Gasteiger partial charge in [-0.1, -0.05) is 0 Å². The number of nitrogens with one attached hydrogen (secondary N) is 1. The Labute approximate surface area is 91.9 Å². The molecular formula is C10H20ClNO2. The molecule has 0 aromatic heterocycles. The zero-order chi connectivity index (χ0) is 9.31. The van der Waals surface area contributed by atoms with Gasteiger partial charge in [0.25, 0.3) is 0 Å². The van der Waals surface area contributed by atoms with Crippen molar-refractivity contribution in [2.24, 2.45) is 5.92 Å². The highest BCUT2D eigenvalue weighted by molar-refractivity contribution is 5.85. The van der Waals surface area contributed by atoms with Gasteiger partial charge >= 0.3 is 0 Å². The van der Waals surface area contributed by atoms with Gasteiger partial charge in [0.15, 0.2) is 0 Å². The first-order valence-corrected chi connectivity index (χ1v) is 5.14. The van der Waals surface area contributed by atoms with E-state index in [2.05, 4.69) is 19.2 Å². The van der Waals surface area contributed by atoms with Crippen LogP contribution in [0.15, 0.2) is 0 Å². The average Bonchev–Trinajstić information content (AvgIpc) is 2.48. The van der Waals surface area contributed by atoms with E-state index < -0.39 is 0 Å². The van der Waals surface area contributed by atoms with Crippen LogP contribution in [-0.2, 0) is 9.47 Å². The van der Waals surface area contributed by atoms with Crippen LogP contribution in [0.3, 0.4) is 0 Å². The summed E-state index contributed by atoms with van der Waals surface area (Å²) in [7, 11) is 0. The number of rotatable bonds is 1. The van der Waals surface area contributed by atoms with Crippen LogP contribution in [0.1, 0.15) is 26.7 Å². The van der Waals surface area contributed by atoms with Crippen molar-refractivity contribution in [3.8, 4) is 0 Å². The molecule has 2 unspecified atom stereocenters. The Morgan fingerprint density at radius 3 is 2.64 bits per heavy atom. The van der Waals surface area contributed by atoms with Gasteiger partial charge in [-0.15, -0.1) is 12.4 Å². The molecule has 2 aliphatic rings. The van der Waals surface area contributed by atoms with Crippen molar-refractivity contribution in [1.29, 1.82) is 0 Å². The molecule has 0 saturated carbocycles. The first-order chi connectivity index (χ1) is 6.17. The molecule has 2 aliphatic heterocycles. The minimum Gasteiger partial charge on any atom is -0.381 e. The molecule has 1 N–H and O–H groups in total. The second-order valence-electron chi connectivity index (χ2n) is 4.74. The van der Waals surface area contributed by atoms with Crippen molar-refractivity contribution < 1.29 is 9.47 Å². The molecule has 3 nitrogen and oxygen atoms in total. The molecule has 0 aliphatic carbocycles. The summed E-state index contributed by atoms with van der Waals surface area (Å²) in [6, 6.07) is 0. The average molecular weight is 222 g/mol. The third kappa shape index (κ3) is 2.83. The van der Waals surface area contributed by atoms with Gasteiger partial charge in [0.2, 0.25) is 0 Å². The minimum absolute atomic E-state index is 0. The van der Waals surface area contributed by atoms with E-state index in [1.165, 1.54) is 12.8 Å². The highest BCUT2D eigenvalue weighted by atomic mass is 35.5. The topological polar surface area (TPSA) is 30.5 Å². The highest BCUT2D eigenvalue weighted by Crippen LogP contribution is 2.24. The lowest BCUT2D eigenvalue weighted by molar-refractivity contribution is -0.0278. The van der Waals surface area contributed by atoms with Crippen molar-refractivity contribution >= 4 is 12.4 Å². The van der Waals surface area contributed by atoms with E-state index in [4.69, 9.17) is 9.47 Å². The van der Waals surface area contributed by atoms with Crippen molar-refractivity contribution in [2.75, 3.05) is 19.8 Å². The summed E-state index contributed by atoms with van der Waals surface area (Å²) in [4.78, 5) is 0. The van der Waals surface area contributed by atoms with Gasteiger partial charge in [-0.05, 0) is 26.7 Å². The van der Waals surface area contributed by atoms with Gasteiger partial charge in [0, 0.05) is 18.1 Å². The summed E-state index contributed by atoms with van der Waals surface area (Å²) in [5, 5.41) is 3.50. The molecule has 0 bridgehead atoms. The SMILES string of the molecule is CC1(C)COC(C2CCCOC2)N1.Cl. The Morgan fingerprint density at radius 1 is 1.36 bits per heavy atom. The molecule has 2 atom stereocenters. The van der Waals surface area contributed by atoms with Gasteiger partial charge in [0.05, 0.1) is 13.2 Å². The number of ether oxygens (including phenoxy) is 2. The van der Waals surface area contributed by atoms with Crippen LogP contribution in [0.5, 0.6) is 0 Å². The van der Waals surface area contributed by atoms with Gasteiger partial charge in [-0.2, -0.15) is 0 Å². The first kappa shape index (κ1) is 12.2. The lowest BCUT2D eigenvalue weighted by Gasteiger charge is -2.28. The predicted molar refractivity (Wildman–Crippen MR) is 57.7 cm³/mol. The Bertz CT molecular complexity index is 181. The Balaban J connectivity index is 0.000000980. The van der Waals surface area contributed by atoms with Crippen LogP contribution < -0.4 is 5.32 Å². The van der Waals surface area contributed by atoms with Crippen LogP contribution in [0, 0.1) is 5.92 Å². The Hall–Kier alpha value is 0.170. The molecule has 0 aromatic rings. The fourth-order valence-electron chi connectivity index (χ4n) is 2.02. The highest BCUT2D eigenvalue weighted by Gasteiger charge is 2.36. The summed E-state index contributed by atoms with van der Waals surface area (Å²) in [5.41, 5.74) is 0.141. The van der Waals surface area contributed by atoms with Crippen LogP contribution in [-0.4, -0.2) is 31.6 Å². The van der Waals surface area contributed by atoms with Crippen LogP contribution in [0.4, 0.5) is 0 Å². The van der Waals surface area contributed by atoms with Gasteiger partial charge < -0.3 is 9.47 Å². The van der Waals surface area contributed by atoms with E-state index >= 15 is 0 Å². The zero-order valence-corrected chi connectivity index (χ0v) is 9.73. The van der Waals surface area contributed by atoms with E-state index in [-0.39, 0.29) is 24.2 Å². The minimum atomic E-state index is 0. The van der Waals surface area contributed by atoms with Crippen LogP contribution in [0.25, 0.3) is 0 Å². The summed E-state index contributed by atoms with van der Waals surface area (Å²) >= 11 is 0. The monoisotopic (exact) mass is 221 g/mol. The third-order valence-electron chi connectivity index (χ3n) is 2.78. The molecule has 14 heavy (non-hydrogen) atoms. The van der Waals surface area contributed by atoms with E-state index in [0.29, 0.717) is 5.92 Å². The fraction of sp³-hybridized carbons (Fsp3) is 1.00. The van der Waals surface area contributed by atoms with Gasteiger partial charge in [-0.25, -0.2) is 0 Å². The van der Waals surface area contributed by atoms with Gasteiger partial charge in [-0.3, -0.25) is 5.32 Å². The quantitative estimate of drug-likeness (QED) is 0.729. The van der Waals surface area contributed by atoms with Crippen LogP contribution >= 0.6 is 12.4 Å². The van der Waals surface area contributed by atoms with Gasteiger partial charge in [0.1, 0.15) is 6.23 Å². The lowest BCUT2D eigenvalue weighted by Crippen LogP contribution is -2.44. The molecule has 0 amide bonds. The molecule has 0 aromatic carbocycles. The fourth-order valence-corrected chi connectivity index (χ4v) is 2.02. The molecule has 0 radical (unpaired) electrons. The molecular weight excluding hydrogens is 202 g/mol.